The Morgan fingerprint density at radius 2 is 2.10 bits per heavy atom. The normalized spacial score (nSPS) is 17.0. The van der Waals surface area contributed by atoms with Crippen LogP contribution in [0.2, 0.25) is 0 Å². The first-order valence-electron chi connectivity index (χ1n) is 6.73. The number of anilines is 2. The fourth-order valence-corrected chi connectivity index (χ4v) is 2.64. The minimum Gasteiger partial charge on any atom is -0.368 e. The smallest absolute Gasteiger partial charge is 0.329 e. The third-order valence-corrected chi connectivity index (χ3v) is 3.67. The van der Waals surface area contributed by atoms with E-state index >= 15 is 0 Å². The van der Waals surface area contributed by atoms with E-state index in [-0.39, 0.29) is 23.5 Å². The van der Waals surface area contributed by atoms with Crippen LogP contribution < -0.4 is 11.1 Å². The highest BCUT2D eigenvalue weighted by Crippen LogP contribution is 2.27. The number of fused-ring (bicyclic) bond motifs is 1. The second-order valence-electron chi connectivity index (χ2n) is 5.07. The monoisotopic (exact) mass is 285 g/mol. The molecule has 1 aromatic heterocycles. The molecule has 0 saturated carbocycles. The highest BCUT2D eigenvalue weighted by atomic mass is 16.6. The Bertz CT molecular complexity index is 689. The van der Waals surface area contributed by atoms with E-state index in [1.54, 1.807) is 0 Å². The number of nitrogen functional groups attached to an aromatic ring is 1. The number of aromatic nitrogens is 2. The summed E-state index contributed by atoms with van der Waals surface area (Å²) in [5.41, 5.74) is 7.98. The maximum absolute atomic E-state index is 11.0. The molecular formula is C14H15N5O2. The van der Waals surface area contributed by atoms with Crippen molar-refractivity contribution in [1.82, 2.24) is 9.97 Å². The highest BCUT2D eigenvalue weighted by molar-refractivity contribution is 5.57. The number of hydrogen-bond donors (Lipinski definition) is 2. The summed E-state index contributed by atoms with van der Waals surface area (Å²) >= 11 is 0. The Labute approximate surface area is 121 Å². The Kier molecular flexibility index (Phi) is 3.39. The third kappa shape index (κ3) is 2.76. The first-order valence-corrected chi connectivity index (χ1v) is 6.73. The first kappa shape index (κ1) is 13.3. The molecule has 0 spiro atoms. The van der Waals surface area contributed by atoms with Gasteiger partial charge in [0.2, 0.25) is 11.8 Å². The van der Waals surface area contributed by atoms with Crippen LogP contribution in [-0.4, -0.2) is 20.9 Å². The Morgan fingerprint density at radius 1 is 1.33 bits per heavy atom. The second-order valence-corrected chi connectivity index (χ2v) is 5.07. The first-order chi connectivity index (χ1) is 10.1. The SMILES string of the molecule is Nc1ncc([N+](=O)[O-])c(NC2CCc3ccccc3C2)n1. The molecule has 0 saturated heterocycles. The van der Waals surface area contributed by atoms with E-state index in [9.17, 15) is 10.1 Å². The maximum atomic E-state index is 11.0. The van der Waals surface area contributed by atoms with Gasteiger partial charge >= 0.3 is 5.69 Å². The van der Waals surface area contributed by atoms with Gasteiger partial charge in [0.25, 0.3) is 0 Å². The molecule has 21 heavy (non-hydrogen) atoms. The fourth-order valence-electron chi connectivity index (χ4n) is 2.64. The summed E-state index contributed by atoms with van der Waals surface area (Å²) in [7, 11) is 0. The minimum atomic E-state index is -0.501. The van der Waals surface area contributed by atoms with E-state index in [1.165, 1.54) is 11.1 Å². The standard InChI is InChI=1S/C14H15N5O2/c15-14-16-8-12(19(20)21)13(18-14)17-11-6-5-9-3-1-2-4-10(9)7-11/h1-4,8,11H,5-7H2,(H3,15,16,17,18). The second kappa shape index (κ2) is 5.35. The Balaban J connectivity index is 1.82. The number of nitrogens with zero attached hydrogens (tertiary/aromatic N) is 3. The molecule has 1 aliphatic carbocycles. The third-order valence-electron chi connectivity index (χ3n) is 3.67. The lowest BCUT2D eigenvalue weighted by atomic mass is 9.88. The number of nitrogens with two attached hydrogens (primary N) is 1. The van der Waals surface area contributed by atoms with Gasteiger partial charge in [0.05, 0.1) is 4.92 Å². The van der Waals surface area contributed by atoms with E-state index in [0.717, 1.165) is 25.5 Å². The average Bonchev–Trinajstić information content (AvgIpc) is 2.47. The molecule has 7 nitrogen and oxygen atoms in total. The average molecular weight is 285 g/mol. The number of aryl methyl sites for hydroxylation is 1. The van der Waals surface area contributed by atoms with Crippen molar-refractivity contribution in [1.29, 1.82) is 0 Å². The molecule has 0 aliphatic heterocycles. The molecular weight excluding hydrogens is 270 g/mol. The molecule has 0 amide bonds. The molecule has 0 radical (unpaired) electrons. The van der Waals surface area contributed by atoms with E-state index < -0.39 is 4.92 Å². The summed E-state index contributed by atoms with van der Waals surface area (Å²) in [5, 5.41) is 14.2. The molecule has 0 fully saturated rings. The van der Waals surface area contributed by atoms with Gasteiger partial charge in [-0.05, 0) is 30.4 Å². The van der Waals surface area contributed by atoms with Gasteiger partial charge in [0.1, 0.15) is 6.20 Å². The number of nitro groups is 1. The molecule has 3 rings (SSSR count). The van der Waals surface area contributed by atoms with E-state index in [1.807, 2.05) is 12.1 Å². The molecule has 108 valence electrons. The van der Waals surface area contributed by atoms with Crippen LogP contribution in [0.3, 0.4) is 0 Å². The summed E-state index contributed by atoms with van der Waals surface area (Å²) in [5.74, 6) is 0.219. The summed E-state index contributed by atoms with van der Waals surface area (Å²) < 4.78 is 0. The van der Waals surface area contributed by atoms with Crippen molar-refractivity contribution in [2.24, 2.45) is 0 Å². The van der Waals surface area contributed by atoms with E-state index in [4.69, 9.17) is 5.73 Å². The molecule has 3 N–H and O–H groups in total. The molecule has 1 heterocycles. The van der Waals surface area contributed by atoms with Crippen molar-refractivity contribution >= 4 is 17.5 Å². The molecule has 2 aromatic rings. The Hall–Kier alpha value is -2.70. The zero-order valence-corrected chi connectivity index (χ0v) is 11.3. The molecule has 1 aromatic carbocycles. The minimum absolute atomic E-state index is 0.0271. The van der Waals surface area contributed by atoms with E-state index in [2.05, 4.69) is 27.4 Å². The lowest BCUT2D eigenvalue weighted by Crippen LogP contribution is -2.28. The van der Waals surface area contributed by atoms with Crippen molar-refractivity contribution < 1.29 is 4.92 Å². The summed E-state index contributed by atoms with van der Waals surface area (Å²) in [6.45, 7) is 0. The molecule has 1 aliphatic rings. The summed E-state index contributed by atoms with van der Waals surface area (Å²) in [6.07, 6.45) is 3.80. The van der Waals surface area contributed by atoms with Gasteiger partial charge in [-0.1, -0.05) is 24.3 Å². The number of benzene rings is 1. The van der Waals surface area contributed by atoms with Crippen molar-refractivity contribution in [3.8, 4) is 0 Å². The van der Waals surface area contributed by atoms with Crippen LogP contribution in [0.5, 0.6) is 0 Å². The number of nitrogens with one attached hydrogen (secondary N) is 1. The maximum Gasteiger partial charge on any atom is 0.329 e. The van der Waals surface area contributed by atoms with E-state index in [0.29, 0.717) is 0 Å². The molecule has 1 atom stereocenters. The fraction of sp³-hybridized carbons (Fsp3) is 0.286. The molecule has 1 unspecified atom stereocenters. The van der Waals surface area contributed by atoms with Crippen molar-refractivity contribution in [3.05, 3.63) is 51.7 Å². The summed E-state index contributed by atoms with van der Waals surface area (Å²) in [4.78, 5) is 18.1. The lowest BCUT2D eigenvalue weighted by molar-refractivity contribution is -0.384. The van der Waals surface area contributed by atoms with Gasteiger partial charge in [-0.25, -0.2) is 4.98 Å². The highest BCUT2D eigenvalue weighted by Gasteiger charge is 2.23. The molecule has 0 bridgehead atoms. The predicted molar refractivity (Wildman–Crippen MR) is 79.0 cm³/mol. The van der Waals surface area contributed by atoms with Gasteiger partial charge < -0.3 is 11.1 Å². The van der Waals surface area contributed by atoms with Gasteiger partial charge in [-0.2, -0.15) is 4.98 Å². The van der Waals surface area contributed by atoms with Crippen molar-refractivity contribution in [3.63, 3.8) is 0 Å². The van der Waals surface area contributed by atoms with Crippen molar-refractivity contribution in [2.45, 2.75) is 25.3 Å². The van der Waals surface area contributed by atoms with Gasteiger partial charge in [-0.15, -0.1) is 0 Å². The quantitative estimate of drug-likeness (QED) is 0.659. The van der Waals surface area contributed by atoms with Crippen LogP contribution in [0.25, 0.3) is 0 Å². The van der Waals surface area contributed by atoms with Gasteiger partial charge in [0.15, 0.2) is 0 Å². The largest absolute Gasteiger partial charge is 0.368 e. The molecule has 7 heteroatoms. The lowest BCUT2D eigenvalue weighted by Gasteiger charge is -2.25. The van der Waals surface area contributed by atoms with Gasteiger partial charge in [-0.3, -0.25) is 10.1 Å². The summed E-state index contributed by atoms with van der Waals surface area (Å²) in [6, 6.07) is 8.35. The van der Waals surface area contributed by atoms with Crippen LogP contribution in [-0.2, 0) is 12.8 Å². The Morgan fingerprint density at radius 3 is 2.86 bits per heavy atom. The predicted octanol–water partition coefficient (Wildman–Crippen LogP) is 1.94. The number of rotatable bonds is 3. The van der Waals surface area contributed by atoms with Crippen LogP contribution in [0.1, 0.15) is 17.5 Å². The van der Waals surface area contributed by atoms with Crippen LogP contribution in [0.15, 0.2) is 30.5 Å². The van der Waals surface area contributed by atoms with Crippen molar-refractivity contribution in [2.75, 3.05) is 11.1 Å². The zero-order valence-electron chi connectivity index (χ0n) is 11.3. The zero-order chi connectivity index (χ0) is 14.8. The van der Waals surface area contributed by atoms with Gasteiger partial charge in [0, 0.05) is 6.04 Å². The topological polar surface area (TPSA) is 107 Å². The van der Waals surface area contributed by atoms with Crippen LogP contribution in [0.4, 0.5) is 17.5 Å². The van der Waals surface area contributed by atoms with Crippen LogP contribution in [0, 0.1) is 10.1 Å². The number of hydrogen-bond acceptors (Lipinski definition) is 6. The van der Waals surface area contributed by atoms with Crippen LogP contribution >= 0.6 is 0 Å².